The number of hydrogen-bond acceptors (Lipinski definition) is 3. The van der Waals surface area contributed by atoms with Crippen LogP contribution in [0.25, 0.3) is 0 Å². The molecular formula is C13H17ClFN3O. The van der Waals surface area contributed by atoms with Crippen LogP contribution in [0.2, 0.25) is 5.02 Å². The number of oxime groups is 1. The predicted molar refractivity (Wildman–Crippen MR) is 72.8 cm³/mol. The molecule has 0 aromatic heterocycles. The van der Waals surface area contributed by atoms with Gasteiger partial charge in [0.1, 0.15) is 11.7 Å². The third kappa shape index (κ3) is 3.36. The largest absolute Gasteiger partial charge is 0.409 e. The molecule has 1 aromatic carbocycles. The Bertz CT molecular complexity index is 481. The number of piperidine rings is 1. The van der Waals surface area contributed by atoms with Crippen LogP contribution in [-0.4, -0.2) is 29.0 Å². The lowest BCUT2D eigenvalue weighted by atomic mass is 9.96. The Morgan fingerprint density at radius 2 is 2.37 bits per heavy atom. The summed E-state index contributed by atoms with van der Waals surface area (Å²) in [7, 11) is 0. The standard InChI is InChI=1S/C13H17ClFN3O/c14-12-9(3-1-5-11(12)15)7-18-6-2-4-10(8-18)13(16)17-19/h1,3,5,10,19H,2,4,6-8H2,(H2,16,17). The number of nitrogens with two attached hydrogens (primary N) is 1. The maximum absolute atomic E-state index is 13.4. The average Bonchev–Trinajstić information content (AvgIpc) is 2.43. The molecule has 0 aliphatic carbocycles. The van der Waals surface area contributed by atoms with Gasteiger partial charge < -0.3 is 10.9 Å². The zero-order chi connectivity index (χ0) is 13.8. The molecule has 0 spiro atoms. The zero-order valence-electron chi connectivity index (χ0n) is 10.5. The Hall–Kier alpha value is -1.33. The van der Waals surface area contributed by atoms with Crippen molar-refractivity contribution in [2.24, 2.45) is 16.8 Å². The molecule has 104 valence electrons. The number of rotatable bonds is 3. The van der Waals surface area contributed by atoms with Gasteiger partial charge in [-0.15, -0.1) is 0 Å². The van der Waals surface area contributed by atoms with E-state index in [4.69, 9.17) is 22.5 Å². The van der Waals surface area contributed by atoms with Crippen molar-refractivity contribution in [1.29, 1.82) is 0 Å². The fourth-order valence-electron chi connectivity index (χ4n) is 2.43. The van der Waals surface area contributed by atoms with Crippen LogP contribution in [0.1, 0.15) is 18.4 Å². The molecule has 1 fully saturated rings. The van der Waals surface area contributed by atoms with E-state index in [1.54, 1.807) is 6.07 Å². The number of amidine groups is 1. The fourth-order valence-corrected chi connectivity index (χ4v) is 2.62. The SMILES string of the molecule is N/C(=N/O)C1CCCN(Cc2cccc(F)c2Cl)C1. The summed E-state index contributed by atoms with van der Waals surface area (Å²) >= 11 is 5.95. The minimum atomic E-state index is -0.399. The van der Waals surface area contributed by atoms with Crippen LogP contribution < -0.4 is 5.73 Å². The number of halogens is 2. The summed E-state index contributed by atoms with van der Waals surface area (Å²) in [6, 6.07) is 4.82. The topological polar surface area (TPSA) is 61.9 Å². The summed E-state index contributed by atoms with van der Waals surface area (Å²) in [5.74, 6) is -0.0923. The summed E-state index contributed by atoms with van der Waals surface area (Å²) in [6.07, 6.45) is 1.87. The predicted octanol–water partition coefficient (Wildman–Crippen LogP) is 2.44. The summed E-state index contributed by atoms with van der Waals surface area (Å²) in [4.78, 5) is 2.15. The van der Waals surface area contributed by atoms with Gasteiger partial charge in [0, 0.05) is 19.0 Å². The van der Waals surface area contributed by atoms with Crippen LogP contribution in [0.4, 0.5) is 4.39 Å². The molecule has 1 saturated heterocycles. The first kappa shape index (κ1) is 14.1. The third-order valence-corrected chi connectivity index (χ3v) is 3.89. The average molecular weight is 286 g/mol. The summed E-state index contributed by atoms with van der Waals surface area (Å²) in [6.45, 7) is 2.18. The van der Waals surface area contributed by atoms with E-state index >= 15 is 0 Å². The Morgan fingerprint density at radius 3 is 3.11 bits per heavy atom. The monoisotopic (exact) mass is 285 g/mol. The lowest BCUT2D eigenvalue weighted by molar-refractivity contribution is 0.192. The molecule has 2 rings (SSSR count). The van der Waals surface area contributed by atoms with Crippen molar-refractivity contribution in [2.45, 2.75) is 19.4 Å². The van der Waals surface area contributed by atoms with Crippen molar-refractivity contribution < 1.29 is 9.60 Å². The quantitative estimate of drug-likeness (QED) is 0.388. The van der Waals surface area contributed by atoms with Crippen molar-refractivity contribution in [1.82, 2.24) is 4.90 Å². The highest BCUT2D eigenvalue weighted by Crippen LogP contribution is 2.24. The van der Waals surface area contributed by atoms with Crippen LogP contribution >= 0.6 is 11.6 Å². The van der Waals surface area contributed by atoms with Gasteiger partial charge in [-0.3, -0.25) is 4.90 Å². The summed E-state index contributed by atoms with van der Waals surface area (Å²) in [5.41, 5.74) is 6.41. The molecule has 6 heteroatoms. The van der Waals surface area contributed by atoms with Crippen molar-refractivity contribution in [2.75, 3.05) is 13.1 Å². The van der Waals surface area contributed by atoms with E-state index in [0.29, 0.717) is 13.1 Å². The van der Waals surface area contributed by atoms with Crippen LogP contribution in [0.3, 0.4) is 0 Å². The second kappa shape index (κ2) is 6.21. The summed E-state index contributed by atoms with van der Waals surface area (Å²) in [5, 5.41) is 12.0. The lowest BCUT2D eigenvalue weighted by Gasteiger charge is -2.32. The van der Waals surface area contributed by atoms with Gasteiger partial charge in [0.25, 0.3) is 0 Å². The molecule has 19 heavy (non-hydrogen) atoms. The lowest BCUT2D eigenvalue weighted by Crippen LogP contribution is -2.40. The van der Waals surface area contributed by atoms with E-state index in [2.05, 4.69) is 10.1 Å². The maximum atomic E-state index is 13.4. The Labute approximate surface area is 116 Å². The number of nitrogens with zero attached hydrogens (tertiary/aromatic N) is 2. The van der Waals surface area contributed by atoms with Crippen LogP contribution in [0.5, 0.6) is 0 Å². The van der Waals surface area contributed by atoms with Gasteiger partial charge in [-0.1, -0.05) is 28.9 Å². The third-order valence-electron chi connectivity index (χ3n) is 3.46. The van der Waals surface area contributed by atoms with Gasteiger partial charge >= 0.3 is 0 Å². The van der Waals surface area contributed by atoms with Gasteiger partial charge in [-0.2, -0.15) is 0 Å². The van der Waals surface area contributed by atoms with Gasteiger partial charge in [0.2, 0.25) is 0 Å². The van der Waals surface area contributed by atoms with E-state index in [9.17, 15) is 4.39 Å². The molecule has 1 aliphatic heterocycles. The smallest absolute Gasteiger partial charge is 0.143 e. The highest BCUT2D eigenvalue weighted by Gasteiger charge is 2.23. The highest BCUT2D eigenvalue weighted by atomic mass is 35.5. The van der Waals surface area contributed by atoms with Crippen LogP contribution in [0, 0.1) is 11.7 Å². The van der Waals surface area contributed by atoms with Gasteiger partial charge in [-0.05, 0) is 31.0 Å². The molecule has 1 atom stereocenters. The normalized spacial score (nSPS) is 21.6. The zero-order valence-corrected chi connectivity index (χ0v) is 11.3. The van der Waals surface area contributed by atoms with Crippen LogP contribution in [-0.2, 0) is 6.54 Å². The Morgan fingerprint density at radius 1 is 1.58 bits per heavy atom. The first-order chi connectivity index (χ1) is 9.11. The molecule has 1 aromatic rings. The summed E-state index contributed by atoms with van der Waals surface area (Å²) < 4.78 is 13.4. The van der Waals surface area contributed by atoms with Crippen LogP contribution in [0.15, 0.2) is 23.4 Å². The van der Waals surface area contributed by atoms with E-state index < -0.39 is 5.82 Å². The fraction of sp³-hybridized carbons (Fsp3) is 0.462. The molecule has 0 amide bonds. The molecule has 4 nitrogen and oxygen atoms in total. The maximum Gasteiger partial charge on any atom is 0.143 e. The molecule has 0 radical (unpaired) electrons. The number of hydrogen-bond donors (Lipinski definition) is 2. The molecule has 0 saturated carbocycles. The van der Waals surface area contributed by atoms with E-state index in [-0.39, 0.29) is 16.8 Å². The van der Waals surface area contributed by atoms with Gasteiger partial charge in [-0.25, -0.2) is 4.39 Å². The van der Waals surface area contributed by atoms with Crippen molar-refractivity contribution in [3.8, 4) is 0 Å². The molecule has 3 N–H and O–H groups in total. The first-order valence-corrected chi connectivity index (χ1v) is 6.62. The minimum Gasteiger partial charge on any atom is -0.409 e. The number of likely N-dealkylation sites (tertiary alicyclic amines) is 1. The molecule has 1 unspecified atom stereocenters. The van der Waals surface area contributed by atoms with Crippen molar-refractivity contribution in [3.63, 3.8) is 0 Å². The Kier molecular flexibility index (Phi) is 4.61. The number of benzene rings is 1. The second-order valence-electron chi connectivity index (χ2n) is 4.81. The molecule has 0 bridgehead atoms. The minimum absolute atomic E-state index is 0.0473. The van der Waals surface area contributed by atoms with E-state index in [0.717, 1.165) is 24.9 Å². The first-order valence-electron chi connectivity index (χ1n) is 6.24. The van der Waals surface area contributed by atoms with E-state index in [1.807, 2.05) is 6.07 Å². The molecule has 1 aliphatic rings. The van der Waals surface area contributed by atoms with Crippen molar-refractivity contribution in [3.05, 3.63) is 34.6 Å². The molecule has 1 heterocycles. The van der Waals surface area contributed by atoms with E-state index in [1.165, 1.54) is 6.07 Å². The van der Waals surface area contributed by atoms with Gasteiger partial charge in [0.05, 0.1) is 5.02 Å². The second-order valence-corrected chi connectivity index (χ2v) is 5.19. The van der Waals surface area contributed by atoms with Crippen molar-refractivity contribution >= 4 is 17.4 Å². The Balaban J connectivity index is 2.05. The highest BCUT2D eigenvalue weighted by molar-refractivity contribution is 6.31. The van der Waals surface area contributed by atoms with Gasteiger partial charge in [0.15, 0.2) is 0 Å². The molecular weight excluding hydrogens is 269 g/mol.